The third-order valence-corrected chi connectivity index (χ3v) is 4.75. The third kappa shape index (κ3) is 3.30. The molecule has 1 aromatic heterocycles. The van der Waals surface area contributed by atoms with Crippen molar-refractivity contribution in [2.24, 2.45) is 5.92 Å². The fourth-order valence-electron chi connectivity index (χ4n) is 2.40. The van der Waals surface area contributed by atoms with Gasteiger partial charge in [-0.25, -0.2) is 4.79 Å². The van der Waals surface area contributed by atoms with E-state index < -0.39 is 11.9 Å². The van der Waals surface area contributed by atoms with Crippen LogP contribution < -0.4 is 0 Å². The van der Waals surface area contributed by atoms with Crippen molar-refractivity contribution < 1.29 is 14.7 Å². The van der Waals surface area contributed by atoms with Crippen molar-refractivity contribution >= 4 is 23.3 Å². The minimum atomic E-state index is -0.811. The fraction of sp³-hybridized carbons (Fsp3) is 0.571. The molecular weight excluding hydrogens is 276 g/mol. The first kappa shape index (κ1) is 14.8. The van der Waals surface area contributed by atoms with Gasteiger partial charge in [0.1, 0.15) is 0 Å². The predicted molar refractivity (Wildman–Crippen MR) is 78.0 cm³/mol. The van der Waals surface area contributed by atoms with E-state index in [4.69, 9.17) is 5.11 Å². The maximum Gasteiger partial charge on any atom is 0.320 e. The molecule has 2 rings (SSSR count). The Bertz CT molecular complexity index is 475. The summed E-state index contributed by atoms with van der Waals surface area (Å²) in [6, 6.07) is 4.10. The van der Waals surface area contributed by atoms with Crippen molar-refractivity contribution in [2.45, 2.75) is 25.8 Å². The number of likely N-dealkylation sites (N-methyl/N-ethyl adjacent to an activating group) is 1. The van der Waals surface area contributed by atoms with E-state index in [2.05, 4.69) is 6.07 Å². The number of nitrogens with zero attached hydrogens (tertiary/aromatic N) is 2. The summed E-state index contributed by atoms with van der Waals surface area (Å²) < 4.78 is 0. The number of hydrogen-bond acceptors (Lipinski definition) is 3. The van der Waals surface area contributed by atoms with E-state index in [1.54, 1.807) is 28.2 Å². The van der Waals surface area contributed by atoms with Gasteiger partial charge in [-0.2, -0.15) is 0 Å². The Hall–Kier alpha value is -1.56. The SMILES string of the molecule is CC(Cc1cccs1)N(C)C(=O)N1CCC(C(=O)O)C1. The number of carbonyl (C=O) groups is 2. The normalized spacial score (nSPS) is 19.9. The van der Waals surface area contributed by atoms with Crippen LogP contribution in [0.1, 0.15) is 18.2 Å². The van der Waals surface area contributed by atoms with Crippen LogP contribution in [0.25, 0.3) is 0 Å². The number of urea groups is 1. The third-order valence-electron chi connectivity index (χ3n) is 3.85. The smallest absolute Gasteiger partial charge is 0.320 e. The molecule has 0 radical (unpaired) electrons. The Labute approximate surface area is 122 Å². The van der Waals surface area contributed by atoms with E-state index in [1.807, 2.05) is 18.4 Å². The van der Waals surface area contributed by atoms with Gasteiger partial charge in [-0.3, -0.25) is 4.79 Å². The molecule has 0 saturated carbocycles. The highest BCUT2D eigenvalue weighted by Gasteiger charge is 2.33. The predicted octanol–water partition coefficient (Wildman–Crippen LogP) is 2.14. The quantitative estimate of drug-likeness (QED) is 0.926. The molecule has 5 nitrogen and oxygen atoms in total. The zero-order chi connectivity index (χ0) is 14.7. The van der Waals surface area contributed by atoms with Crippen LogP contribution in [0.3, 0.4) is 0 Å². The summed E-state index contributed by atoms with van der Waals surface area (Å²) >= 11 is 1.69. The molecule has 1 aliphatic rings. The number of carboxylic acid groups (broad SMARTS) is 1. The molecule has 0 aliphatic carbocycles. The average molecular weight is 296 g/mol. The van der Waals surface area contributed by atoms with E-state index in [0.29, 0.717) is 19.5 Å². The maximum atomic E-state index is 12.3. The summed E-state index contributed by atoms with van der Waals surface area (Å²) in [7, 11) is 1.79. The highest BCUT2D eigenvalue weighted by molar-refractivity contribution is 7.09. The molecule has 1 aliphatic heterocycles. The summed E-state index contributed by atoms with van der Waals surface area (Å²) in [5, 5.41) is 11.0. The van der Waals surface area contributed by atoms with Gasteiger partial charge < -0.3 is 14.9 Å². The molecule has 2 atom stereocenters. The number of hydrogen-bond donors (Lipinski definition) is 1. The van der Waals surface area contributed by atoms with Gasteiger partial charge in [0.15, 0.2) is 0 Å². The Kier molecular flexibility index (Phi) is 4.65. The monoisotopic (exact) mass is 296 g/mol. The number of carboxylic acids is 1. The number of aliphatic carboxylic acids is 1. The minimum absolute atomic E-state index is 0.0715. The summed E-state index contributed by atoms with van der Waals surface area (Å²) in [6.45, 7) is 2.87. The van der Waals surface area contributed by atoms with Crippen LogP contribution in [0.5, 0.6) is 0 Å². The summed E-state index contributed by atoms with van der Waals surface area (Å²) in [4.78, 5) is 27.9. The molecule has 1 N–H and O–H groups in total. The molecule has 6 heteroatoms. The molecule has 0 bridgehead atoms. The first-order chi connectivity index (χ1) is 9.49. The van der Waals surface area contributed by atoms with E-state index in [0.717, 1.165) is 6.42 Å². The van der Waals surface area contributed by atoms with Gasteiger partial charge in [0.05, 0.1) is 5.92 Å². The summed E-state index contributed by atoms with van der Waals surface area (Å²) in [6.07, 6.45) is 1.38. The molecule has 20 heavy (non-hydrogen) atoms. The first-order valence-electron chi connectivity index (χ1n) is 6.76. The van der Waals surface area contributed by atoms with Crippen molar-refractivity contribution in [2.75, 3.05) is 20.1 Å². The van der Waals surface area contributed by atoms with Crippen molar-refractivity contribution in [3.05, 3.63) is 22.4 Å². The van der Waals surface area contributed by atoms with E-state index >= 15 is 0 Å². The van der Waals surface area contributed by atoms with Crippen LogP contribution in [0, 0.1) is 5.92 Å². The average Bonchev–Trinajstić information content (AvgIpc) is 3.07. The zero-order valence-corrected chi connectivity index (χ0v) is 12.6. The van der Waals surface area contributed by atoms with E-state index in [9.17, 15) is 9.59 Å². The number of amides is 2. The van der Waals surface area contributed by atoms with Crippen LogP contribution in [0.2, 0.25) is 0 Å². The number of rotatable bonds is 4. The van der Waals surface area contributed by atoms with Gasteiger partial charge in [0.2, 0.25) is 0 Å². The lowest BCUT2D eigenvalue weighted by atomic mass is 10.1. The lowest BCUT2D eigenvalue weighted by molar-refractivity contribution is -0.141. The minimum Gasteiger partial charge on any atom is -0.481 e. The van der Waals surface area contributed by atoms with Gasteiger partial charge in [-0.05, 0) is 24.8 Å². The number of likely N-dealkylation sites (tertiary alicyclic amines) is 1. The molecule has 1 fully saturated rings. The lowest BCUT2D eigenvalue weighted by Crippen LogP contribution is -2.45. The van der Waals surface area contributed by atoms with Crippen LogP contribution in [0.15, 0.2) is 17.5 Å². The molecule has 2 amide bonds. The van der Waals surface area contributed by atoms with Crippen LogP contribution in [-0.2, 0) is 11.2 Å². The molecule has 2 unspecified atom stereocenters. The van der Waals surface area contributed by atoms with Gasteiger partial charge in [-0.15, -0.1) is 11.3 Å². The Balaban J connectivity index is 1.90. The molecule has 0 aromatic carbocycles. The van der Waals surface area contributed by atoms with E-state index in [1.165, 1.54) is 4.88 Å². The second-order valence-electron chi connectivity index (χ2n) is 5.30. The van der Waals surface area contributed by atoms with Crippen LogP contribution in [0.4, 0.5) is 4.79 Å². The Morgan fingerprint density at radius 2 is 2.35 bits per heavy atom. The Morgan fingerprint density at radius 1 is 1.60 bits per heavy atom. The largest absolute Gasteiger partial charge is 0.481 e. The first-order valence-corrected chi connectivity index (χ1v) is 7.64. The van der Waals surface area contributed by atoms with Gasteiger partial charge in [0, 0.05) is 37.5 Å². The molecule has 0 spiro atoms. The van der Waals surface area contributed by atoms with Crippen LogP contribution in [-0.4, -0.2) is 53.1 Å². The fourth-order valence-corrected chi connectivity index (χ4v) is 3.23. The number of carbonyl (C=O) groups excluding carboxylic acids is 1. The highest BCUT2D eigenvalue weighted by Crippen LogP contribution is 2.19. The van der Waals surface area contributed by atoms with Crippen molar-refractivity contribution in [3.8, 4) is 0 Å². The zero-order valence-electron chi connectivity index (χ0n) is 11.8. The van der Waals surface area contributed by atoms with Crippen LogP contribution >= 0.6 is 11.3 Å². The van der Waals surface area contributed by atoms with Gasteiger partial charge >= 0.3 is 12.0 Å². The lowest BCUT2D eigenvalue weighted by Gasteiger charge is -2.29. The molecule has 110 valence electrons. The molecule has 1 aromatic rings. The second kappa shape index (κ2) is 6.26. The van der Waals surface area contributed by atoms with Gasteiger partial charge in [0.25, 0.3) is 0 Å². The van der Waals surface area contributed by atoms with Crippen molar-refractivity contribution in [1.82, 2.24) is 9.80 Å². The second-order valence-corrected chi connectivity index (χ2v) is 6.33. The Morgan fingerprint density at radius 3 is 2.90 bits per heavy atom. The highest BCUT2D eigenvalue weighted by atomic mass is 32.1. The van der Waals surface area contributed by atoms with Crippen molar-refractivity contribution in [3.63, 3.8) is 0 Å². The molecule has 2 heterocycles. The maximum absolute atomic E-state index is 12.3. The van der Waals surface area contributed by atoms with E-state index in [-0.39, 0.29) is 12.1 Å². The standard InChI is InChI=1S/C14H20N2O3S/c1-10(8-12-4-3-7-20-12)15(2)14(19)16-6-5-11(9-16)13(17)18/h3-4,7,10-11H,5-6,8-9H2,1-2H3,(H,17,18). The van der Waals surface area contributed by atoms with Gasteiger partial charge in [-0.1, -0.05) is 6.07 Å². The number of thiophene rings is 1. The molecular formula is C14H20N2O3S. The molecule has 1 saturated heterocycles. The topological polar surface area (TPSA) is 60.9 Å². The van der Waals surface area contributed by atoms with Crippen molar-refractivity contribution in [1.29, 1.82) is 0 Å². The summed E-state index contributed by atoms with van der Waals surface area (Å²) in [5.41, 5.74) is 0. The summed E-state index contributed by atoms with van der Waals surface area (Å²) in [5.74, 6) is -1.23.